The summed E-state index contributed by atoms with van der Waals surface area (Å²) in [4.78, 5) is 22.3. The van der Waals surface area contributed by atoms with Gasteiger partial charge >= 0.3 is 5.97 Å². The lowest BCUT2D eigenvalue weighted by Gasteiger charge is -2.05. The van der Waals surface area contributed by atoms with Crippen LogP contribution in [0.1, 0.15) is 12.8 Å². The van der Waals surface area contributed by atoms with Crippen molar-refractivity contribution in [3.63, 3.8) is 0 Å². The second-order valence-electron chi connectivity index (χ2n) is 3.84. The van der Waals surface area contributed by atoms with E-state index in [-0.39, 0.29) is 18.5 Å². The number of pyridine rings is 1. The Morgan fingerprint density at radius 1 is 1.41 bits per heavy atom. The molecule has 1 N–H and O–H groups in total. The van der Waals surface area contributed by atoms with E-state index in [1.165, 1.54) is 10.6 Å². The van der Waals surface area contributed by atoms with Crippen molar-refractivity contribution in [3.8, 4) is 0 Å². The van der Waals surface area contributed by atoms with Crippen LogP contribution in [0.25, 0.3) is 12.2 Å². The number of fused-ring (bicyclic) bond motifs is 1. The zero-order chi connectivity index (χ0) is 12.3. The zero-order valence-corrected chi connectivity index (χ0v) is 9.30. The minimum atomic E-state index is -0.898. The molecule has 0 spiro atoms. The number of hydrogen-bond donors (Lipinski definition) is 1. The first kappa shape index (κ1) is 11.4. The second-order valence-corrected chi connectivity index (χ2v) is 3.84. The fraction of sp³-hybridized carbons (Fsp3) is 0.231. The van der Waals surface area contributed by atoms with Gasteiger partial charge in [0, 0.05) is 18.0 Å². The highest BCUT2D eigenvalue weighted by Crippen LogP contribution is 1.89. The summed E-state index contributed by atoms with van der Waals surface area (Å²) in [7, 11) is 0. The maximum Gasteiger partial charge on any atom is 0.305 e. The molecule has 1 aliphatic rings. The van der Waals surface area contributed by atoms with E-state index in [0.29, 0.717) is 0 Å². The van der Waals surface area contributed by atoms with Gasteiger partial charge in [-0.2, -0.15) is 0 Å². The second kappa shape index (κ2) is 4.82. The Bertz CT molecular complexity index is 638. The number of rotatable bonds is 3. The molecular weight excluding hydrogens is 218 g/mol. The van der Waals surface area contributed by atoms with Crippen LogP contribution in [0, 0.1) is 0 Å². The fourth-order valence-corrected chi connectivity index (χ4v) is 1.85. The molecule has 2 rings (SSSR count). The lowest BCUT2D eigenvalue weighted by Crippen LogP contribution is -2.42. The molecular formula is C13H13NO3. The van der Waals surface area contributed by atoms with Crippen LogP contribution >= 0.6 is 0 Å². The molecule has 0 aromatic carbocycles. The van der Waals surface area contributed by atoms with Gasteiger partial charge in [-0.3, -0.25) is 9.59 Å². The van der Waals surface area contributed by atoms with Gasteiger partial charge in [-0.15, -0.1) is 0 Å². The third kappa shape index (κ3) is 2.53. The molecule has 0 saturated heterocycles. The largest absolute Gasteiger partial charge is 0.481 e. The van der Waals surface area contributed by atoms with Crippen molar-refractivity contribution >= 4 is 18.1 Å². The monoisotopic (exact) mass is 231 g/mol. The van der Waals surface area contributed by atoms with Crippen molar-refractivity contribution in [1.82, 2.24) is 4.57 Å². The number of aromatic nitrogens is 1. The first-order valence-electron chi connectivity index (χ1n) is 5.47. The average Bonchev–Trinajstić information content (AvgIpc) is 2.52. The minimum absolute atomic E-state index is 0.0440. The first-order chi connectivity index (χ1) is 8.18. The van der Waals surface area contributed by atoms with Gasteiger partial charge in [0.05, 0.1) is 6.42 Å². The van der Waals surface area contributed by atoms with E-state index in [0.717, 1.165) is 17.0 Å². The molecule has 0 aliphatic heterocycles. The van der Waals surface area contributed by atoms with Gasteiger partial charge in [-0.25, -0.2) is 0 Å². The third-order valence-corrected chi connectivity index (χ3v) is 2.67. The highest BCUT2D eigenvalue weighted by Gasteiger charge is 2.03. The molecule has 0 atom stereocenters. The Hall–Kier alpha value is -2.10. The molecule has 4 nitrogen and oxygen atoms in total. The van der Waals surface area contributed by atoms with Crippen molar-refractivity contribution in [2.75, 3.05) is 0 Å². The fourth-order valence-electron chi connectivity index (χ4n) is 1.85. The summed E-state index contributed by atoms with van der Waals surface area (Å²) in [5, 5.41) is 10.4. The minimum Gasteiger partial charge on any atom is -0.481 e. The summed E-state index contributed by atoms with van der Waals surface area (Å²) in [5.41, 5.74) is -0.156. The van der Waals surface area contributed by atoms with E-state index in [4.69, 9.17) is 5.11 Å². The zero-order valence-electron chi connectivity index (χ0n) is 9.30. The summed E-state index contributed by atoms with van der Waals surface area (Å²) in [6, 6.07) is 3.24. The first-order valence-corrected chi connectivity index (χ1v) is 5.47. The molecule has 0 radical (unpaired) electrons. The molecule has 1 heterocycles. The van der Waals surface area contributed by atoms with Crippen molar-refractivity contribution in [3.05, 3.63) is 45.2 Å². The molecule has 0 amide bonds. The van der Waals surface area contributed by atoms with E-state index in [9.17, 15) is 9.59 Å². The average molecular weight is 231 g/mol. The molecule has 1 aromatic heterocycles. The Balaban J connectivity index is 2.56. The topological polar surface area (TPSA) is 59.3 Å². The molecule has 1 aliphatic carbocycles. The van der Waals surface area contributed by atoms with Crippen LogP contribution in [0.4, 0.5) is 0 Å². The van der Waals surface area contributed by atoms with Crippen LogP contribution < -0.4 is 16.1 Å². The SMILES string of the molecule is O=C(O)CCn1c(=O)ccc2c1=CCC=CC=2. The number of hydrogen-bond acceptors (Lipinski definition) is 2. The summed E-state index contributed by atoms with van der Waals surface area (Å²) in [6.45, 7) is 0.210. The molecule has 88 valence electrons. The summed E-state index contributed by atoms with van der Waals surface area (Å²) in [6.07, 6.45) is 8.51. The summed E-state index contributed by atoms with van der Waals surface area (Å²) < 4.78 is 1.52. The lowest BCUT2D eigenvalue weighted by molar-refractivity contribution is -0.137. The molecule has 0 fully saturated rings. The lowest BCUT2D eigenvalue weighted by atomic mass is 10.3. The van der Waals surface area contributed by atoms with Gasteiger partial charge < -0.3 is 9.67 Å². The van der Waals surface area contributed by atoms with Crippen molar-refractivity contribution in [2.24, 2.45) is 0 Å². The molecule has 0 saturated carbocycles. The molecule has 4 heteroatoms. The van der Waals surface area contributed by atoms with Gasteiger partial charge in [-0.05, 0) is 17.7 Å². The van der Waals surface area contributed by atoms with Gasteiger partial charge in [0.15, 0.2) is 0 Å². The van der Waals surface area contributed by atoms with Gasteiger partial charge in [-0.1, -0.05) is 24.3 Å². The molecule has 0 unspecified atom stereocenters. The summed E-state index contributed by atoms with van der Waals surface area (Å²) >= 11 is 0. The maximum atomic E-state index is 11.7. The summed E-state index contributed by atoms with van der Waals surface area (Å²) in [5.74, 6) is -0.898. The normalized spacial score (nSPS) is 13.2. The van der Waals surface area contributed by atoms with Crippen molar-refractivity contribution in [2.45, 2.75) is 19.4 Å². The van der Waals surface area contributed by atoms with Crippen LogP contribution in [-0.2, 0) is 11.3 Å². The number of allylic oxidation sites excluding steroid dienone is 2. The molecule has 17 heavy (non-hydrogen) atoms. The number of carbonyl (C=O) groups is 1. The van der Waals surface area contributed by atoms with Crippen LogP contribution in [0.15, 0.2) is 29.1 Å². The highest BCUT2D eigenvalue weighted by molar-refractivity contribution is 5.66. The number of carboxylic acids is 1. The Labute approximate surface area is 97.8 Å². The van der Waals surface area contributed by atoms with Crippen LogP contribution in [0.3, 0.4) is 0 Å². The van der Waals surface area contributed by atoms with E-state index in [1.807, 2.05) is 24.3 Å². The number of carboxylic acid groups (broad SMARTS) is 1. The quantitative estimate of drug-likeness (QED) is 0.786. The van der Waals surface area contributed by atoms with E-state index in [1.54, 1.807) is 6.07 Å². The highest BCUT2D eigenvalue weighted by atomic mass is 16.4. The van der Waals surface area contributed by atoms with Crippen LogP contribution in [0.2, 0.25) is 0 Å². The maximum absolute atomic E-state index is 11.7. The van der Waals surface area contributed by atoms with Gasteiger partial charge in [0.2, 0.25) is 0 Å². The predicted octanol–water partition coefficient (Wildman–Crippen LogP) is -0.156. The van der Waals surface area contributed by atoms with Gasteiger partial charge in [0.1, 0.15) is 0 Å². The van der Waals surface area contributed by atoms with E-state index >= 15 is 0 Å². The van der Waals surface area contributed by atoms with Crippen molar-refractivity contribution < 1.29 is 9.90 Å². The molecule has 1 aromatic rings. The van der Waals surface area contributed by atoms with E-state index < -0.39 is 5.97 Å². The molecule has 0 bridgehead atoms. The third-order valence-electron chi connectivity index (χ3n) is 2.67. The van der Waals surface area contributed by atoms with Gasteiger partial charge in [0.25, 0.3) is 5.56 Å². The Morgan fingerprint density at radius 3 is 3.00 bits per heavy atom. The Kier molecular flexibility index (Phi) is 3.23. The van der Waals surface area contributed by atoms with Crippen LogP contribution in [-0.4, -0.2) is 15.6 Å². The number of aliphatic carboxylic acids is 1. The number of nitrogens with zero attached hydrogens (tertiary/aromatic N) is 1. The predicted molar refractivity (Wildman–Crippen MR) is 64.9 cm³/mol. The van der Waals surface area contributed by atoms with Crippen LogP contribution in [0.5, 0.6) is 0 Å². The van der Waals surface area contributed by atoms with Crippen molar-refractivity contribution in [1.29, 1.82) is 0 Å². The van der Waals surface area contributed by atoms with E-state index in [2.05, 4.69) is 0 Å². The smallest absolute Gasteiger partial charge is 0.305 e. The standard InChI is InChI=1S/C13H13NO3/c15-12-7-6-10-4-2-1-3-5-11(10)14(12)9-8-13(16)17/h1-2,4-7H,3,8-9H2,(H,16,17). The Morgan fingerprint density at radius 2 is 2.24 bits per heavy atom.